The molecule has 0 saturated heterocycles. The summed E-state index contributed by atoms with van der Waals surface area (Å²) in [5.41, 5.74) is 1.00. The molecular formula is C15H25N3O2S. The molecule has 0 aliphatic heterocycles. The second-order valence-electron chi connectivity index (χ2n) is 6.14. The monoisotopic (exact) mass is 311 g/mol. The number of hydrogen-bond donors (Lipinski definition) is 3. The highest BCUT2D eigenvalue weighted by Gasteiger charge is 2.35. The molecule has 0 aromatic carbocycles. The van der Waals surface area contributed by atoms with Crippen molar-refractivity contribution in [3.05, 3.63) is 16.1 Å². The van der Waals surface area contributed by atoms with Gasteiger partial charge in [0.1, 0.15) is 5.01 Å². The molecule has 2 unspecified atom stereocenters. The van der Waals surface area contributed by atoms with Gasteiger partial charge in [0.2, 0.25) is 0 Å². The standard InChI is InChI=1S/C15H25N3O2S/c1-9(2)12(19)6-7-16-15(20)18-13(11-4-5-11)14-17-10(3)8-21-14/h8-9,11-13,19H,4-7H2,1-3H3,(H2,16,18,20). The van der Waals surface area contributed by atoms with Crippen LogP contribution in [-0.2, 0) is 0 Å². The van der Waals surface area contributed by atoms with Gasteiger partial charge in [-0.1, -0.05) is 13.8 Å². The Morgan fingerprint density at radius 2 is 2.24 bits per heavy atom. The normalized spacial score (nSPS) is 17.6. The fourth-order valence-electron chi connectivity index (χ4n) is 2.18. The molecule has 5 nitrogen and oxygen atoms in total. The highest BCUT2D eigenvalue weighted by atomic mass is 32.1. The molecule has 1 saturated carbocycles. The van der Waals surface area contributed by atoms with Gasteiger partial charge >= 0.3 is 6.03 Å². The van der Waals surface area contributed by atoms with Gasteiger partial charge in [0.15, 0.2) is 0 Å². The number of aliphatic hydroxyl groups excluding tert-OH is 1. The lowest BCUT2D eigenvalue weighted by Crippen LogP contribution is -2.40. The number of rotatable bonds is 7. The van der Waals surface area contributed by atoms with Gasteiger partial charge in [-0.3, -0.25) is 0 Å². The largest absolute Gasteiger partial charge is 0.393 e. The van der Waals surface area contributed by atoms with Crippen LogP contribution in [-0.4, -0.2) is 28.8 Å². The van der Waals surface area contributed by atoms with Gasteiger partial charge in [-0.05, 0) is 38.0 Å². The van der Waals surface area contributed by atoms with E-state index in [1.807, 2.05) is 26.2 Å². The molecule has 1 aliphatic rings. The summed E-state index contributed by atoms with van der Waals surface area (Å²) in [6.45, 7) is 6.40. The maximum Gasteiger partial charge on any atom is 0.315 e. The van der Waals surface area contributed by atoms with Crippen molar-refractivity contribution < 1.29 is 9.90 Å². The van der Waals surface area contributed by atoms with Gasteiger partial charge in [0, 0.05) is 17.6 Å². The Balaban J connectivity index is 1.79. The maximum absolute atomic E-state index is 12.0. The minimum Gasteiger partial charge on any atom is -0.393 e. The third-order valence-electron chi connectivity index (χ3n) is 3.78. The zero-order valence-electron chi connectivity index (χ0n) is 12.9. The first-order valence-corrected chi connectivity index (χ1v) is 8.49. The summed E-state index contributed by atoms with van der Waals surface area (Å²) in [6, 6.07) is -0.144. The maximum atomic E-state index is 12.0. The third kappa shape index (κ3) is 4.97. The van der Waals surface area contributed by atoms with Crippen LogP contribution in [0.15, 0.2) is 5.38 Å². The second kappa shape index (κ2) is 7.22. The number of urea groups is 1. The Morgan fingerprint density at radius 3 is 2.76 bits per heavy atom. The number of aromatic nitrogens is 1. The summed E-state index contributed by atoms with van der Waals surface area (Å²) in [6.07, 6.45) is 2.51. The van der Waals surface area contributed by atoms with Crippen LogP contribution in [0.2, 0.25) is 0 Å². The van der Waals surface area contributed by atoms with Crippen LogP contribution in [0.1, 0.15) is 49.9 Å². The zero-order valence-corrected chi connectivity index (χ0v) is 13.7. The average Bonchev–Trinajstić information content (AvgIpc) is 3.17. The first-order chi connectivity index (χ1) is 9.97. The van der Waals surface area contributed by atoms with Crippen molar-refractivity contribution in [1.82, 2.24) is 15.6 Å². The fourth-order valence-corrected chi connectivity index (χ4v) is 3.12. The lowest BCUT2D eigenvalue weighted by molar-refractivity contribution is 0.116. The quantitative estimate of drug-likeness (QED) is 0.724. The lowest BCUT2D eigenvalue weighted by atomic mass is 10.0. The molecule has 0 spiro atoms. The highest BCUT2D eigenvalue weighted by molar-refractivity contribution is 7.09. The number of aryl methyl sites for hydroxylation is 1. The molecule has 1 aliphatic carbocycles. The van der Waals surface area contributed by atoms with Crippen LogP contribution in [0, 0.1) is 18.8 Å². The van der Waals surface area contributed by atoms with Gasteiger partial charge in [-0.2, -0.15) is 0 Å². The summed E-state index contributed by atoms with van der Waals surface area (Å²) >= 11 is 1.61. The number of nitrogens with zero attached hydrogens (tertiary/aromatic N) is 1. The first-order valence-electron chi connectivity index (χ1n) is 7.62. The summed E-state index contributed by atoms with van der Waals surface area (Å²) in [5, 5.41) is 18.6. The van der Waals surface area contributed by atoms with Crippen molar-refractivity contribution in [2.45, 2.75) is 52.2 Å². The van der Waals surface area contributed by atoms with Crippen molar-refractivity contribution in [2.24, 2.45) is 11.8 Å². The Kier molecular flexibility index (Phi) is 5.58. The fraction of sp³-hybridized carbons (Fsp3) is 0.733. The second-order valence-corrected chi connectivity index (χ2v) is 7.03. The van der Waals surface area contributed by atoms with E-state index in [-0.39, 0.29) is 24.1 Å². The molecule has 2 amide bonds. The van der Waals surface area contributed by atoms with Gasteiger partial charge in [-0.25, -0.2) is 9.78 Å². The number of carbonyl (C=O) groups is 1. The lowest BCUT2D eigenvalue weighted by Gasteiger charge is -2.18. The summed E-state index contributed by atoms with van der Waals surface area (Å²) < 4.78 is 0. The van der Waals surface area contributed by atoms with E-state index in [4.69, 9.17) is 0 Å². The molecule has 21 heavy (non-hydrogen) atoms. The van der Waals surface area contributed by atoms with E-state index < -0.39 is 0 Å². The van der Waals surface area contributed by atoms with Crippen molar-refractivity contribution in [1.29, 1.82) is 0 Å². The number of aliphatic hydroxyl groups is 1. The molecular weight excluding hydrogens is 286 g/mol. The van der Waals surface area contributed by atoms with Crippen LogP contribution < -0.4 is 10.6 Å². The number of thiazole rings is 1. The molecule has 0 radical (unpaired) electrons. The van der Waals surface area contributed by atoms with E-state index in [1.54, 1.807) is 11.3 Å². The van der Waals surface area contributed by atoms with E-state index in [0.717, 1.165) is 23.5 Å². The Labute approximate surface area is 130 Å². The number of carbonyl (C=O) groups excluding carboxylic acids is 1. The molecule has 1 fully saturated rings. The topological polar surface area (TPSA) is 74.2 Å². The molecule has 0 bridgehead atoms. The van der Waals surface area contributed by atoms with Crippen molar-refractivity contribution in [3.8, 4) is 0 Å². The van der Waals surface area contributed by atoms with E-state index in [9.17, 15) is 9.90 Å². The molecule has 2 rings (SSSR count). The van der Waals surface area contributed by atoms with Crippen LogP contribution in [0.4, 0.5) is 4.79 Å². The number of hydrogen-bond acceptors (Lipinski definition) is 4. The van der Waals surface area contributed by atoms with Crippen molar-refractivity contribution >= 4 is 17.4 Å². The van der Waals surface area contributed by atoms with Crippen LogP contribution in [0.5, 0.6) is 0 Å². The first kappa shape index (κ1) is 16.2. The molecule has 2 atom stereocenters. The summed E-state index contributed by atoms with van der Waals surface area (Å²) in [4.78, 5) is 16.5. The van der Waals surface area contributed by atoms with Crippen LogP contribution in [0.3, 0.4) is 0 Å². The molecule has 6 heteroatoms. The summed E-state index contributed by atoms with van der Waals surface area (Å²) in [5.74, 6) is 0.731. The van der Waals surface area contributed by atoms with Gasteiger partial charge in [0.25, 0.3) is 0 Å². The number of nitrogens with one attached hydrogen (secondary N) is 2. The predicted molar refractivity (Wildman–Crippen MR) is 84.3 cm³/mol. The molecule has 118 valence electrons. The SMILES string of the molecule is Cc1csc(C(NC(=O)NCCC(O)C(C)C)C2CC2)n1. The molecule has 3 N–H and O–H groups in total. The van der Waals surface area contributed by atoms with Crippen LogP contribution in [0.25, 0.3) is 0 Å². The Bertz CT molecular complexity index is 471. The Hall–Kier alpha value is -1.14. The third-order valence-corrected chi connectivity index (χ3v) is 4.82. The van der Waals surface area contributed by atoms with E-state index >= 15 is 0 Å². The van der Waals surface area contributed by atoms with E-state index in [0.29, 0.717) is 18.9 Å². The predicted octanol–water partition coefficient (Wildman–Crippen LogP) is 2.61. The number of amides is 2. The Morgan fingerprint density at radius 1 is 1.52 bits per heavy atom. The van der Waals surface area contributed by atoms with Gasteiger partial charge < -0.3 is 15.7 Å². The molecule has 1 heterocycles. The van der Waals surface area contributed by atoms with Gasteiger partial charge in [0.05, 0.1) is 12.1 Å². The summed E-state index contributed by atoms with van der Waals surface area (Å²) in [7, 11) is 0. The minimum atomic E-state index is -0.369. The smallest absolute Gasteiger partial charge is 0.315 e. The van der Waals surface area contributed by atoms with Crippen molar-refractivity contribution in [3.63, 3.8) is 0 Å². The van der Waals surface area contributed by atoms with E-state index in [1.165, 1.54) is 0 Å². The van der Waals surface area contributed by atoms with Crippen molar-refractivity contribution in [2.75, 3.05) is 6.54 Å². The minimum absolute atomic E-state index is 0.0266. The molecule has 1 aromatic rings. The van der Waals surface area contributed by atoms with Crippen LogP contribution >= 0.6 is 11.3 Å². The highest BCUT2D eigenvalue weighted by Crippen LogP contribution is 2.41. The zero-order chi connectivity index (χ0) is 15.4. The average molecular weight is 311 g/mol. The molecule has 1 aromatic heterocycles. The van der Waals surface area contributed by atoms with E-state index in [2.05, 4.69) is 15.6 Å². The van der Waals surface area contributed by atoms with Gasteiger partial charge in [-0.15, -0.1) is 11.3 Å².